The zero-order valence-corrected chi connectivity index (χ0v) is 13.7. The van der Waals surface area contributed by atoms with Gasteiger partial charge in [-0.25, -0.2) is 0 Å². The van der Waals surface area contributed by atoms with Crippen LogP contribution < -0.4 is 5.32 Å². The molecular formula is C16H29N3O2. The van der Waals surface area contributed by atoms with Crippen LogP contribution in [0.4, 0.5) is 0 Å². The molecule has 2 amide bonds. The second-order valence-corrected chi connectivity index (χ2v) is 6.82. The summed E-state index contributed by atoms with van der Waals surface area (Å²) >= 11 is 0. The fourth-order valence-corrected chi connectivity index (χ4v) is 3.56. The first-order chi connectivity index (χ1) is 9.94. The van der Waals surface area contributed by atoms with Gasteiger partial charge in [0.15, 0.2) is 0 Å². The molecule has 0 radical (unpaired) electrons. The van der Waals surface area contributed by atoms with E-state index in [9.17, 15) is 9.59 Å². The minimum absolute atomic E-state index is 0.0328. The lowest BCUT2D eigenvalue weighted by atomic mass is 9.94. The minimum atomic E-state index is -0.488. The predicted molar refractivity (Wildman–Crippen MR) is 82.9 cm³/mol. The van der Waals surface area contributed by atoms with Gasteiger partial charge in [0.05, 0.1) is 12.1 Å². The molecule has 1 aliphatic heterocycles. The number of hydrogen-bond donors (Lipinski definition) is 1. The Labute approximate surface area is 128 Å². The third-order valence-electron chi connectivity index (χ3n) is 5.08. The summed E-state index contributed by atoms with van der Waals surface area (Å²) in [5.74, 6) is 0.0877. The van der Waals surface area contributed by atoms with Gasteiger partial charge in [0.1, 0.15) is 0 Å². The van der Waals surface area contributed by atoms with Gasteiger partial charge in [0, 0.05) is 20.1 Å². The fraction of sp³-hybridized carbons (Fsp3) is 0.875. The Hall–Kier alpha value is -1.10. The van der Waals surface area contributed by atoms with Gasteiger partial charge in [-0.1, -0.05) is 19.3 Å². The van der Waals surface area contributed by atoms with Crippen molar-refractivity contribution in [1.29, 1.82) is 0 Å². The van der Waals surface area contributed by atoms with Crippen LogP contribution in [-0.4, -0.2) is 60.4 Å². The van der Waals surface area contributed by atoms with E-state index in [1.54, 1.807) is 11.9 Å². The largest absolute Gasteiger partial charge is 0.341 e. The molecule has 21 heavy (non-hydrogen) atoms. The van der Waals surface area contributed by atoms with Gasteiger partial charge in [0.25, 0.3) is 0 Å². The van der Waals surface area contributed by atoms with Crippen LogP contribution in [0, 0.1) is 0 Å². The number of amides is 2. The van der Waals surface area contributed by atoms with Gasteiger partial charge in [-0.05, 0) is 39.2 Å². The highest BCUT2D eigenvalue weighted by Gasteiger charge is 2.38. The summed E-state index contributed by atoms with van der Waals surface area (Å²) in [7, 11) is 3.62. The van der Waals surface area contributed by atoms with E-state index in [0.717, 1.165) is 32.2 Å². The number of nitrogens with zero attached hydrogens (tertiary/aromatic N) is 2. The average Bonchev–Trinajstić information content (AvgIpc) is 2.94. The van der Waals surface area contributed by atoms with Crippen LogP contribution >= 0.6 is 0 Å². The fourth-order valence-electron chi connectivity index (χ4n) is 3.56. The molecular weight excluding hydrogens is 266 g/mol. The molecule has 5 nitrogen and oxygen atoms in total. The third-order valence-corrected chi connectivity index (χ3v) is 5.08. The van der Waals surface area contributed by atoms with E-state index in [1.165, 1.54) is 19.3 Å². The molecule has 1 aliphatic carbocycles. The smallest absolute Gasteiger partial charge is 0.242 e. The highest BCUT2D eigenvalue weighted by atomic mass is 16.2. The lowest BCUT2D eigenvalue weighted by molar-refractivity contribution is -0.143. The van der Waals surface area contributed by atoms with Crippen molar-refractivity contribution >= 4 is 11.8 Å². The first kappa shape index (κ1) is 16.3. The molecule has 0 spiro atoms. The van der Waals surface area contributed by atoms with Gasteiger partial charge >= 0.3 is 0 Å². The summed E-state index contributed by atoms with van der Waals surface area (Å²) < 4.78 is 0. The van der Waals surface area contributed by atoms with Crippen LogP contribution in [0.2, 0.25) is 0 Å². The summed E-state index contributed by atoms with van der Waals surface area (Å²) in [5.41, 5.74) is -0.488. The summed E-state index contributed by atoms with van der Waals surface area (Å²) in [4.78, 5) is 28.3. The molecule has 0 aromatic rings. The maximum absolute atomic E-state index is 12.5. The van der Waals surface area contributed by atoms with E-state index in [1.807, 2.05) is 18.9 Å². The number of rotatable bonds is 4. The molecule has 2 rings (SSSR count). The first-order valence-electron chi connectivity index (χ1n) is 8.20. The molecule has 0 aromatic carbocycles. The zero-order valence-electron chi connectivity index (χ0n) is 13.7. The minimum Gasteiger partial charge on any atom is -0.341 e. The second-order valence-electron chi connectivity index (χ2n) is 6.82. The SMILES string of the molecule is CN(CC(=O)N(C)C1CCCCC1)C(=O)C1(C)CCCN1. The number of nitrogens with one attached hydrogen (secondary N) is 1. The molecule has 2 aliphatic rings. The molecule has 1 unspecified atom stereocenters. The van der Waals surface area contributed by atoms with Crippen LogP contribution in [-0.2, 0) is 9.59 Å². The Morgan fingerprint density at radius 1 is 1.14 bits per heavy atom. The Morgan fingerprint density at radius 3 is 2.38 bits per heavy atom. The molecule has 1 N–H and O–H groups in total. The molecule has 5 heteroatoms. The Balaban J connectivity index is 1.87. The molecule has 0 bridgehead atoms. The molecule has 1 saturated carbocycles. The van der Waals surface area contributed by atoms with Gasteiger partial charge in [-0.2, -0.15) is 0 Å². The van der Waals surface area contributed by atoms with Crippen LogP contribution in [0.25, 0.3) is 0 Å². The van der Waals surface area contributed by atoms with E-state index in [0.29, 0.717) is 6.04 Å². The van der Waals surface area contributed by atoms with Crippen molar-refractivity contribution in [3.63, 3.8) is 0 Å². The molecule has 1 saturated heterocycles. The Kier molecular flexibility index (Phi) is 5.25. The van der Waals surface area contributed by atoms with Gasteiger partial charge in [-0.15, -0.1) is 0 Å². The molecule has 120 valence electrons. The second kappa shape index (κ2) is 6.77. The first-order valence-corrected chi connectivity index (χ1v) is 8.20. The third kappa shape index (κ3) is 3.76. The maximum atomic E-state index is 12.5. The number of likely N-dealkylation sites (N-methyl/N-ethyl adjacent to an activating group) is 2. The van der Waals surface area contributed by atoms with Crippen molar-refractivity contribution < 1.29 is 9.59 Å². The van der Waals surface area contributed by atoms with Gasteiger partial charge in [-0.3, -0.25) is 9.59 Å². The Bertz CT molecular complexity index is 385. The molecule has 2 fully saturated rings. The number of carbonyl (C=O) groups excluding carboxylic acids is 2. The highest BCUT2D eigenvalue weighted by molar-refractivity contribution is 5.90. The summed E-state index contributed by atoms with van der Waals surface area (Å²) in [6.45, 7) is 3.00. The summed E-state index contributed by atoms with van der Waals surface area (Å²) in [6.07, 6.45) is 7.76. The monoisotopic (exact) mass is 295 g/mol. The Morgan fingerprint density at radius 2 is 1.81 bits per heavy atom. The van der Waals surface area contributed by atoms with E-state index in [2.05, 4.69) is 5.32 Å². The van der Waals surface area contributed by atoms with Crippen LogP contribution in [0.3, 0.4) is 0 Å². The lowest BCUT2D eigenvalue weighted by Gasteiger charge is -2.34. The van der Waals surface area contributed by atoms with E-state index in [4.69, 9.17) is 0 Å². The maximum Gasteiger partial charge on any atom is 0.242 e. The number of hydrogen-bond acceptors (Lipinski definition) is 3. The van der Waals surface area contributed by atoms with Crippen LogP contribution in [0.5, 0.6) is 0 Å². The van der Waals surface area contributed by atoms with Gasteiger partial charge < -0.3 is 15.1 Å². The topological polar surface area (TPSA) is 52.7 Å². The lowest BCUT2D eigenvalue weighted by Crippen LogP contribution is -2.54. The molecule has 1 atom stereocenters. The van der Waals surface area contributed by atoms with E-state index >= 15 is 0 Å². The van der Waals surface area contributed by atoms with Crippen molar-refractivity contribution in [2.24, 2.45) is 0 Å². The quantitative estimate of drug-likeness (QED) is 0.852. The predicted octanol–water partition coefficient (Wildman–Crippen LogP) is 1.38. The standard InChI is InChI=1S/C16H29N3O2/c1-16(10-7-11-17-16)15(21)18(2)12-14(20)19(3)13-8-5-4-6-9-13/h13,17H,4-12H2,1-3H3. The summed E-state index contributed by atoms with van der Waals surface area (Å²) in [5, 5.41) is 3.26. The number of carbonyl (C=O) groups is 2. The molecule has 1 heterocycles. The van der Waals surface area contributed by atoms with Crippen molar-refractivity contribution in [3.05, 3.63) is 0 Å². The zero-order chi connectivity index (χ0) is 15.5. The van der Waals surface area contributed by atoms with Gasteiger partial charge in [0.2, 0.25) is 11.8 Å². The van der Waals surface area contributed by atoms with Crippen molar-refractivity contribution in [3.8, 4) is 0 Å². The normalized spacial score (nSPS) is 26.6. The van der Waals surface area contributed by atoms with Crippen molar-refractivity contribution in [2.75, 3.05) is 27.2 Å². The van der Waals surface area contributed by atoms with E-state index in [-0.39, 0.29) is 18.4 Å². The van der Waals surface area contributed by atoms with E-state index < -0.39 is 5.54 Å². The van der Waals surface area contributed by atoms with Crippen LogP contribution in [0.1, 0.15) is 51.9 Å². The summed E-state index contributed by atoms with van der Waals surface area (Å²) in [6, 6.07) is 0.356. The molecule has 0 aromatic heterocycles. The van der Waals surface area contributed by atoms with Crippen molar-refractivity contribution in [2.45, 2.75) is 63.5 Å². The van der Waals surface area contributed by atoms with Crippen molar-refractivity contribution in [1.82, 2.24) is 15.1 Å². The average molecular weight is 295 g/mol. The van der Waals surface area contributed by atoms with Crippen LogP contribution in [0.15, 0.2) is 0 Å². The highest BCUT2D eigenvalue weighted by Crippen LogP contribution is 2.23.